The van der Waals surface area contributed by atoms with Crippen molar-refractivity contribution in [2.75, 3.05) is 0 Å². The third kappa shape index (κ3) is 2.03. The van der Waals surface area contributed by atoms with E-state index in [1.807, 2.05) is 45.0 Å². The van der Waals surface area contributed by atoms with E-state index in [-0.39, 0.29) is 5.54 Å². The summed E-state index contributed by atoms with van der Waals surface area (Å²) >= 11 is 0. The third-order valence-corrected chi connectivity index (χ3v) is 1.99. The highest BCUT2D eigenvalue weighted by atomic mass is 15.6. The minimum Gasteiger partial charge on any atom is -0.158 e. The second-order valence-electron chi connectivity index (χ2n) is 4.36. The maximum absolute atomic E-state index is 4.33. The Balaban J connectivity index is 2.37. The molecule has 0 aliphatic heterocycles. The molecule has 0 unspecified atom stereocenters. The van der Waals surface area contributed by atoms with Gasteiger partial charge in [-0.3, -0.25) is 0 Å². The van der Waals surface area contributed by atoms with Crippen LogP contribution in [-0.2, 0) is 5.54 Å². The number of hydrogen-bond acceptors (Lipinski definition) is 3. The SMILES string of the molecule is CC(C)(C)n1nnc(-c2cc[c]cc2)n1. The Hall–Kier alpha value is -1.71. The van der Waals surface area contributed by atoms with E-state index in [2.05, 4.69) is 21.5 Å². The molecule has 0 bridgehead atoms. The lowest BCUT2D eigenvalue weighted by atomic mass is 10.1. The fraction of sp³-hybridized carbons (Fsp3) is 0.364. The Bertz CT molecular complexity index is 439. The lowest BCUT2D eigenvalue weighted by Crippen LogP contribution is -2.24. The van der Waals surface area contributed by atoms with E-state index in [0.29, 0.717) is 5.82 Å². The van der Waals surface area contributed by atoms with Crippen LogP contribution in [-0.4, -0.2) is 20.2 Å². The van der Waals surface area contributed by atoms with Crippen LogP contribution in [0, 0.1) is 6.07 Å². The fourth-order valence-corrected chi connectivity index (χ4v) is 1.15. The van der Waals surface area contributed by atoms with Crippen molar-refractivity contribution < 1.29 is 0 Å². The third-order valence-electron chi connectivity index (χ3n) is 1.99. The van der Waals surface area contributed by atoms with Gasteiger partial charge in [0.25, 0.3) is 0 Å². The molecule has 4 nitrogen and oxygen atoms in total. The maximum atomic E-state index is 4.33. The summed E-state index contributed by atoms with van der Waals surface area (Å²) < 4.78 is 0. The molecule has 0 saturated carbocycles. The van der Waals surface area contributed by atoms with Crippen molar-refractivity contribution in [3.8, 4) is 11.4 Å². The van der Waals surface area contributed by atoms with Crippen LogP contribution in [0.4, 0.5) is 0 Å². The molecular weight excluding hydrogens is 188 g/mol. The Morgan fingerprint density at radius 2 is 1.87 bits per heavy atom. The van der Waals surface area contributed by atoms with Crippen molar-refractivity contribution in [3.63, 3.8) is 0 Å². The largest absolute Gasteiger partial charge is 0.204 e. The highest BCUT2D eigenvalue weighted by molar-refractivity contribution is 5.52. The van der Waals surface area contributed by atoms with E-state index in [4.69, 9.17) is 0 Å². The molecule has 4 heteroatoms. The molecule has 0 N–H and O–H groups in total. The van der Waals surface area contributed by atoms with Gasteiger partial charge in [0.15, 0.2) is 0 Å². The lowest BCUT2D eigenvalue weighted by molar-refractivity contribution is 0.306. The first kappa shape index (κ1) is 9.83. The summed E-state index contributed by atoms with van der Waals surface area (Å²) in [4.78, 5) is 1.62. The number of hydrogen-bond donors (Lipinski definition) is 0. The van der Waals surface area contributed by atoms with Gasteiger partial charge in [0.1, 0.15) is 0 Å². The minimum absolute atomic E-state index is 0.133. The van der Waals surface area contributed by atoms with Crippen LogP contribution in [0.3, 0.4) is 0 Å². The van der Waals surface area contributed by atoms with Gasteiger partial charge in [0.05, 0.1) is 5.54 Å². The molecule has 0 aliphatic carbocycles. The fourth-order valence-electron chi connectivity index (χ4n) is 1.15. The van der Waals surface area contributed by atoms with E-state index in [1.165, 1.54) is 0 Å². The van der Waals surface area contributed by atoms with Crippen LogP contribution >= 0.6 is 0 Å². The number of aromatic nitrogens is 4. The normalized spacial score (nSPS) is 11.7. The molecule has 1 aromatic heterocycles. The summed E-state index contributed by atoms with van der Waals surface area (Å²) in [6.45, 7) is 6.12. The predicted molar refractivity (Wildman–Crippen MR) is 57.1 cm³/mol. The molecule has 77 valence electrons. The van der Waals surface area contributed by atoms with Gasteiger partial charge >= 0.3 is 0 Å². The van der Waals surface area contributed by atoms with E-state index < -0.39 is 0 Å². The molecule has 0 fully saturated rings. The van der Waals surface area contributed by atoms with E-state index in [1.54, 1.807) is 4.80 Å². The van der Waals surface area contributed by atoms with Crippen LogP contribution in [0.2, 0.25) is 0 Å². The number of nitrogens with zero attached hydrogens (tertiary/aromatic N) is 4. The Morgan fingerprint density at radius 1 is 1.20 bits per heavy atom. The molecule has 1 heterocycles. The van der Waals surface area contributed by atoms with Crippen LogP contribution < -0.4 is 0 Å². The molecule has 15 heavy (non-hydrogen) atoms. The molecule has 2 rings (SSSR count). The van der Waals surface area contributed by atoms with E-state index >= 15 is 0 Å². The molecule has 0 amide bonds. The molecule has 0 spiro atoms. The first-order valence-corrected chi connectivity index (χ1v) is 4.84. The van der Waals surface area contributed by atoms with Crippen LogP contribution in [0.15, 0.2) is 24.3 Å². The predicted octanol–water partition coefficient (Wildman–Crippen LogP) is 1.90. The second-order valence-corrected chi connectivity index (χ2v) is 4.36. The maximum Gasteiger partial charge on any atom is 0.204 e. The standard InChI is InChI=1S/C11H13N4/c1-11(2,3)15-13-10(12-14-15)9-7-5-4-6-8-9/h5-8H,1-3H3. The van der Waals surface area contributed by atoms with Crippen molar-refractivity contribution in [2.24, 2.45) is 0 Å². The summed E-state index contributed by atoms with van der Waals surface area (Å²) in [5.41, 5.74) is 0.829. The zero-order valence-electron chi connectivity index (χ0n) is 9.10. The monoisotopic (exact) mass is 201 g/mol. The number of benzene rings is 1. The topological polar surface area (TPSA) is 43.6 Å². The number of rotatable bonds is 1. The van der Waals surface area contributed by atoms with Crippen molar-refractivity contribution in [3.05, 3.63) is 30.3 Å². The molecular formula is C11H13N4. The van der Waals surface area contributed by atoms with Gasteiger partial charge in [-0.05, 0) is 32.1 Å². The summed E-state index contributed by atoms with van der Waals surface area (Å²) in [6.07, 6.45) is 0. The van der Waals surface area contributed by atoms with Crippen LogP contribution in [0.5, 0.6) is 0 Å². The van der Waals surface area contributed by atoms with Gasteiger partial charge < -0.3 is 0 Å². The lowest BCUT2D eigenvalue weighted by Gasteiger charge is -2.15. The summed E-state index contributed by atoms with van der Waals surface area (Å²) in [6, 6.07) is 10.5. The molecule has 0 atom stereocenters. The van der Waals surface area contributed by atoms with Crippen molar-refractivity contribution >= 4 is 0 Å². The highest BCUT2D eigenvalue weighted by Gasteiger charge is 2.17. The Morgan fingerprint density at radius 3 is 2.40 bits per heavy atom. The summed E-state index contributed by atoms with van der Waals surface area (Å²) in [7, 11) is 0. The summed E-state index contributed by atoms with van der Waals surface area (Å²) in [5.74, 6) is 0.652. The Kier molecular flexibility index (Phi) is 2.26. The highest BCUT2D eigenvalue weighted by Crippen LogP contribution is 2.15. The van der Waals surface area contributed by atoms with Crippen LogP contribution in [0.1, 0.15) is 20.8 Å². The Labute approximate surface area is 88.9 Å². The van der Waals surface area contributed by atoms with Crippen LogP contribution in [0.25, 0.3) is 11.4 Å². The minimum atomic E-state index is -0.133. The zero-order valence-corrected chi connectivity index (χ0v) is 9.10. The first-order chi connectivity index (χ1) is 7.07. The molecule has 0 saturated heterocycles. The molecule has 0 aliphatic rings. The van der Waals surface area contributed by atoms with Crippen molar-refractivity contribution in [1.29, 1.82) is 0 Å². The average molecular weight is 201 g/mol. The first-order valence-electron chi connectivity index (χ1n) is 4.84. The van der Waals surface area contributed by atoms with Gasteiger partial charge in [-0.25, -0.2) is 0 Å². The quantitative estimate of drug-likeness (QED) is 0.707. The molecule has 2 aromatic rings. The number of tetrazole rings is 1. The van der Waals surface area contributed by atoms with Crippen molar-refractivity contribution in [1.82, 2.24) is 20.2 Å². The van der Waals surface area contributed by atoms with E-state index in [0.717, 1.165) is 5.56 Å². The smallest absolute Gasteiger partial charge is 0.158 e. The van der Waals surface area contributed by atoms with Gasteiger partial charge in [0.2, 0.25) is 5.82 Å². The van der Waals surface area contributed by atoms with Gasteiger partial charge in [-0.15, -0.1) is 10.2 Å². The zero-order chi connectivity index (χ0) is 10.9. The van der Waals surface area contributed by atoms with Gasteiger partial charge in [-0.2, -0.15) is 4.80 Å². The van der Waals surface area contributed by atoms with Gasteiger partial charge in [-0.1, -0.05) is 24.3 Å². The average Bonchev–Trinajstić information content (AvgIpc) is 2.67. The molecule has 1 radical (unpaired) electrons. The van der Waals surface area contributed by atoms with E-state index in [9.17, 15) is 0 Å². The summed E-state index contributed by atoms with van der Waals surface area (Å²) in [5, 5.41) is 12.4. The molecule has 1 aromatic carbocycles. The van der Waals surface area contributed by atoms with Crippen molar-refractivity contribution in [2.45, 2.75) is 26.3 Å². The van der Waals surface area contributed by atoms with Gasteiger partial charge in [0, 0.05) is 5.56 Å². The second kappa shape index (κ2) is 3.46.